The second-order valence-corrected chi connectivity index (χ2v) is 4.25. The fraction of sp³-hybridized carbons (Fsp3) is 0.133. The van der Waals surface area contributed by atoms with Crippen molar-refractivity contribution < 1.29 is 18.0 Å². The minimum absolute atomic E-state index is 0.158. The molecule has 20 heavy (non-hydrogen) atoms. The summed E-state index contributed by atoms with van der Waals surface area (Å²) in [5, 5.41) is 0. The van der Waals surface area contributed by atoms with Gasteiger partial charge in [-0.25, -0.2) is 0 Å². The molecule has 0 fully saturated rings. The Morgan fingerprint density at radius 2 is 1.50 bits per heavy atom. The number of rotatable bonds is 2. The van der Waals surface area contributed by atoms with Gasteiger partial charge in [0.05, 0.1) is 11.3 Å². The molecule has 0 heterocycles. The number of amides is 1. The highest BCUT2D eigenvalue weighted by Crippen LogP contribution is 2.36. The van der Waals surface area contributed by atoms with Crippen LogP contribution in [0.3, 0.4) is 0 Å². The molecule has 0 aliphatic rings. The van der Waals surface area contributed by atoms with Crippen LogP contribution >= 0.6 is 0 Å². The lowest BCUT2D eigenvalue weighted by atomic mass is 10.1. The number of carbonyl (C=O) groups is 1. The predicted molar refractivity (Wildman–Crippen MR) is 70.6 cm³/mol. The monoisotopic (exact) mass is 279 g/mol. The maximum Gasteiger partial charge on any atom is 0.418 e. The van der Waals surface area contributed by atoms with E-state index in [0.29, 0.717) is 5.56 Å². The molecule has 0 saturated heterocycles. The van der Waals surface area contributed by atoms with Gasteiger partial charge in [-0.3, -0.25) is 4.79 Å². The maximum atomic E-state index is 12.9. The third-order valence-corrected chi connectivity index (χ3v) is 2.90. The van der Waals surface area contributed by atoms with Crippen molar-refractivity contribution in [3.63, 3.8) is 0 Å². The first-order valence-electron chi connectivity index (χ1n) is 5.90. The smallest absolute Gasteiger partial charge is 0.311 e. The molecule has 5 heteroatoms. The molecule has 0 aliphatic heterocycles. The zero-order valence-corrected chi connectivity index (χ0v) is 10.7. The molecule has 0 atom stereocenters. The van der Waals surface area contributed by atoms with Crippen LogP contribution in [0.25, 0.3) is 0 Å². The summed E-state index contributed by atoms with van der Waals surface area (Å²) < 4.78 is 38.8. The molecule has 104 valence electrons. The number of hydrogen-bond acceptors (Lipinski definition) is 1. The number of benzene rings is 2. The van der Waals surface area contributed by atoms with Crippen LogP contribution in [0.5, 0.6) is 0 Å². The Bertz CT molecular complexity index is 608. The van der Waals surface area contributed by atoms with Crippen molar-refractivity contribution in [1.29, 1.82) is 0 Å². The molecule has 0 saturated carbocycles. The van der Waals surface area contributed by atoms with Gasteiger partial charge in [-0.15, -0.1) is 0 Å². The van der Waals surface area contributed by atoms with Crippen molar-refractivity contribution in [2.75, 3.05) is 11.9 Å². The minimum Gasteiger partial charge on any atom is -0.311 e. The summed E-state index contributed by atoms with van der Waals surface area (Å²) >= 11 is 0. The molecule has 2 aromatic carbocycles. The average molecular weight is 279 g/mol. The molecule has 0 aliphatic carbocycles. The van der Waals surface area contributed by atoms with Gasteiger partial charge in [-0.2, -0.15) is 13.2 Å². The van der Waals surface area contributed by atoms with Crippen LogP contribution in [-0.4, -0.2) is 13.0 Å². The van der Waals surface area contributed by atoms with Gasteiger partial charge >= 0.3 is 6.18 Å². The van der Waals surface area contributed by atoms with E-state index < -0.39 is 17.6 Å². The van der Waals surface area contributed by atoms with E-state index in [0.717, 1.165) is 11.0 Å². The molecule has 0 bridgehead atoms. The van der Waals surface area contributed by atoms with Crippen LogP contribution in [0.4, 0.5) is 18.9 Å². The van der Waals surface area contributed by atoms with Gasteiger partial charge in [0, 0.05) is 12.6 Å². The Hall–Kier alpha value is -2.30. The van der Waals surface area contributed by atoms with Gasteiger partial charge < -0.3 is 4.90 Å². The fourth-order valence-corrected chi connectivity index (χ4v) is 1.89. The van der Waals surface area contributed by atoms with E-state index in [4.69, 9.17) is 0 Å². The van der Waals surface area contributed by atoms with Gasteiger partial charge in [-0.1, -0.05) is 30.3 Å². The topological polar surface area (TPSA) is 20.3 Å². The van der Waals surface area contributed by atoms with E-state index in [1.54, 1.807) is 30.3 Å². The van der Waals surface area contributed by atoms with E-state index >= 15 is 0 Å². The summed E-state index contributed by atoms with van der Waals surface area (Å²) in [6.07, 6.45) is -4.50. The molecule has 0 N–H and O–H groups in total. The molecule has 0 radical (unpaired) electrons. The Kier molecular flexibility index (Phi) is 3.79. The van der Waals surface area contributed by atoms with Gasteiger partial charge in [0.2, 0.25) is 0 Å². The first kappa shape index (κ1) is 14.1. The quantitative estimate of drug-likeness (QED) is 0.814. The number of nitrogens with zero attached hydrogens (tertiary/aromatic N) is 1. The van der Waals surface area contributed by atoms with E-state index in [1.165, 1.54) is 25.2 Å². The highest BCUT2D eigenvalue weighted by atomic mass is 19.4. The molecule has 0 spiro atoms. The Labute approximate surface area is 114 Å². The zero-order chi connectivity index (χ0) is 14.8. The van der Waals surface area contributed by atoms with Crippen LogP contribution in [-0.2, 0) is 6.18 Å². The van der Waals surface area contributed by atoms with E-state index in [9.17, 15) is 18.0 Å². The normalized spacial score (nSPS) is 11.2. The van der Waals surface area contributed by atoms with Crippen LogP contribution in [0, 0.1) is 0 Å². The molecular weight excluding hydrogens is 267 g/mol. The highest BCUT2D eigenvalue weighted by molar-refractivity contribution is 6.06. The van der Waals surface area contributed by atoms with Gasteiger partial charge in [-0.05, 0) is 24.3 Å². The number of halogens is 3. The van der Waals surface area contributed by atoms with Crippen LogP contribution in [0.2, 0.25) is 0 Å². The average Bonchev–Trinajstić information content (AvgIpc) is 2.46. The molecular formula is C15H12F3NO. The van der Waals surface area contributed by atoms with Crippen molar-refractivity contribution in [3.8, 4) is 0 Å². The fourth-order valence-electron chi connectivity index (χ4n) is 1.89. The first-order valence-corrected chi connectivity index (χ1v) is 5.90. The number of anilines is 1. The molecule has 2 rings (SSSR count). The molecule has 1 amide bonds. The number of para-hydroxylation sites is 1. The summed E-state index contributed by atoms with van der Waals surface area (Å²) in [6, 6.07) is 13.2. The largest absolute Gasteiger partial charge is 0.418 e. The summed E-state index contributed by atoms with van der Waals surface area (Å²) in [5.74, 6) is -0.484. The summed E-state index contributed by atoms with van der Waals surface area (Å²) in [7, 11) is 1.33. The third kappa shape index (κ3) is 2.82. The van der Waals surface area contributed by atoms with Gasteiger partial charge in [0.15, 0.2) is 0 Å². The Morgan fingerprint density at radius 3 is 2.10 bits per heavy atom. The molecule has 2 aromatic rings. The van der Waals surface area contributed by atoms with Crippen LogP contribution in [0.1, 0.15) is 15.9 Å². The standard InChI is InChI=1S/C15H12F3NO/c1-19(14(20)11-7-3-2-4-8-11)13-10-6-5-9-12(13)15(16,17)18/h2-10H,1H3. The maximum absolute atomic E-state index is 12.9. The summed E-state index contributed by atoms with van der Waals surface area (Å²) in [4.78, 5) is 13.2. The van der Waals surface area contributed by atoms with E-state index in [1.807, 2.05) is 0 Å². The lowest BCUT2D eigenvalue weighted by Crippen LogP contribution is -2.28. The van der Waals surface area contributed by atoms with Crippen LogP contribution < -0.4 is 4.90 Å². The predicted octanol–water partition coefficient (Wildman–Crippen LogP) is 3.98. The number of alkyl halides is 3. The molecule has 2 nitrogen and oxygen atoms in total. The SMILES string of the molecule is CN(C(=O)c1ccccc1)c1ccccc1C(F)(F)F. The minimum atomic E-state index is -4.50. The first-order chi connectivity index (χ1) is 9.41. The lowest BCUT2D eigenvalue weighted by Gasteiger charge is -2.21. The lowest BCUT2D eigenvalue weighted by molar-refractivity contribution is -0.137. The van der Waals surface area contributed by atoms with Crippen molar-refractivity contribution in [2.45, 2.75) is 6.18 Å². The molecule has 0 unspecified atom stereocenters. The van der Waals surface area contributed by atoms with Crippen molar-refractivity contribution in [2.24, 2.45) is 0 Å². The zero-order valence-electron chi connectivity index (χ0n) is 10.7. The van der Waals surface area contributed by atoms with Crippen LogP contribution in [0.15, 0.2) is 54.6 Å². The van der Waals surface area contributed by atoms with E-state index in [2.05, 4.69) is 0 Å². The third-order valence-electron chi connectivity index (χ3n) is 2.90. The summed E-state index contributed by atoms with van der Waals surface area (Å²) in [5.41, 5.74) is -0.646. The number of carbonyl (C=O) groups excluding carboxylic acids is 1. The second-order valence-electron chi connectivity index (χ2n) is 4.25. The Balaban J connectivity index is 2.40. The number of hydrogen-bond donors (Lipinski definition) is 0. The summed E-state index contributed by atoms with van der Waals surface area (Å²) in [6.45, 7) is 0. The van der Waals surface area contributed by atoms with Crippen molar-refractivity contribution >= 4 is 11.6 Å². The highest BCUT2D eigenvalue weighted by Gasteiger charge is 2.35. The van der Waals surface area contributed by atoms with Gasteiger partial charge in [0.1, 0.15) is 0 Å². The van der Waals surface area contributed by atoms with Gasteiger partial charge in [0.25, 0.3) is 5.91 Å². The van der Waals surface area contributed by atoms with E-state index in [-0.39, 0.29) is 5.69 Å². The van der Waals surface area contributed by atoms with Crippen molar-refractivity contribution in [3.05, 3.63) is 65.7 Å². The Morgan fingerprint density at radius 1 is 0.950 bits per heavy atom. The van der Waals surface area contributed by atoms with Crippen molar-refractivity contribution in [1.82, 2.24) is 0 Å². The molecule has 0 aromatic heterocycles. The second kappa shape index (κ2) is 5.36.